The zero-order chi connectivity index (χ0) is 16.8. The smallest absolute Gasteiger partial charge is 0.224 e. The standard InChI is InChI=1S/C18H28N4O2/c23-17-9-8-15(14-22(17)16-6-3-1-2-4-7-16)18(24)19-11-13-21-12-5-10-20-21/h5,10,12,15-16H,1-4,6-9,11,13-14H2,(H,19,24)/t15-/m0/s1. The van der Waals surface area contributed by atoms with Crippen LogP contribution in [0.5, 0.6) is 0 Å². The van der Waals surface area contributed by atoms with Crippen LogP contribution >= 0.6 is 0 Å². The Morgan fingerprint density at radius 3 is 2.71 bits per heavy atom. The number of carbonyl (C=O) groups is 2. The highest BCUT2D eigenvalue weighted by molar-refractivity contribution is 5.84. The van der Waals surface area contributed by atoms with Gasteiger partial charge in [0.05, 0.1) is 12.5 Å². The van der Waals surface area contributed by atoms with Gasteiger partial charge in [-0.25, -0.2) is 0 Å². The van der Waals surface area contributed by atoms with E-state index in [-0.39, 0.29) is 17.7 Å². The molecular formula is C18H28N4O2. The van der Waals surface area contributed by atoms with Crippen LogP contribution in [0.2, 0.25) is 0 Å². The van der Waals surface area contributed by atoms with Gasteiger partial charge in [-0.15, -0.1) is 0 Å². The van der Waals surface area contributed by atoms with Crippen LogP contribution in [-0.2, 0) is 16.1 Å². The summed E-state index contributed by atoms with van der Waals surface area (Å²) in [5.41, 5.74) is 0. The first kappa shape index (κ1) is 17.0. The fourth-order valence-corrected chi connectivity index (χ4v) is 3.88. The number of rotatable bonds is 5. The maximum absolute atomic E-state index is 12.5. The lowest BCUT2D eigenvalue weighted by Crippen LogP contribution is -2.50. The van der Waals surface area contributed by atoms with Gasteiger partial charge in [0, 0.05) is 37.9 Å². The van der Waals surface area contributed by atoms with Crippen molar-refractivity contribution in [2.45, 2.75) is 64.0 Å². The van der Waals surface area contributed by atoms with Gasteiger partial charge in [0.15, 0.2) is 0 Å². The van der Waals surface area contributed by atoms with Gasteiger partial charge < -0.3 is 10.2 Å². The molecule has 24 heavy (non-hydrogen) atoms. The minimum absolute atomic E-state index is 0.0661. The Balaban J connectivity index is 1.50. The van der Waals surface area contributed by atoms with Crippen molar-refractivity contribution in [3.8, 4) is 0 Å². The Kier molecular flexibility index (Phi) is 5.88. The van der Waals surface area contributed by atoms with Gasteiger partial charge in [-0.05, 0) is 25.3 Å². The topological polar surface area (TPSA) is 67.2 Å². The summed E-state index contributed by atoms with van der Waals surface area (Å²) >= 11 is 0. The third-order valence-corrected chi connectivity index (χ3v) is 5.28. The lowest BCUT2D eigenvalue weighted by molar-refractivity contribution is -0.141. The molecule has 6 nitrogen and oxygen atoms in total. The van der Waals surface area contributed by atoms with Crippen LogP contribution < -0.4 is 5.32 Å². The Morgan fingerprint density at radius 1 is 1.21 bits per heavy atom. The number of hydrogen-bond acceptors (Lipinski definition) is 3. The predicted octanol–water partition coefficient (Wildman–Crippen LogP) is 1.96. The van der Waals surface area contributed by atoms with E-state index < -0.39 is 0 Å². The molecule has 0 aromatic carbocycles. The second-order valence-electron chi connectivity index (χ2n) is 6.99. The molecule has 1 aliphatic heterocycles. The van der Waals surface area contributed by atoms with E-state index in [1.807, 2.05) is 21.8 Å². The summed E-state index contributed by atoms with van der Waals surface area (Å²) in [6, 6.07) is 2.22. The lowest BCUT2D eigenvalue weighted by Gasteiger charge is -2.37. The zero-order valence-electron chi connectivity index (χ0n) is 14.3. The molecule has 132 valence electrons. The molecule has 2 fully saturated rings. The lowest BCUT2D eigenvalue weighted by atomic mass is 9.93. The largest absolute Gasteiger partial charge is 0.354 e. The number of hydrogen-bond donors (Lipinski definition) is 1. The monoisotopic (exact) mass is 332 g/mol. The van der Waals surface area contributed by atoms with E-state index in [0.29, 0.717) is 38.5 Å². The number of piperidine rings is 1. The molecule has 0 bridgehead atoms. The molecule has 2 heterocycles. The molecular weight excluding hydrogens is 304 g/mol. The molecule has 1 aliphatic carbocycles. The van der Waals surface area contributed by atoms with E-state index in [0.717, 1.165) is 12.8 Å². The van der Waals surface area contributed by atoms with Gasteiger partial charge in [-0.3, -0.25) is 14.3 Å². The van der Waals surface area contributed by atoms with Crippen molar-refractivity contribution in [2.24, 2.45) is 5.92 Å². The van der Waals surface area contributed by atoms with E-state index in [2.05, 4.69) is 10.4 Å². The van der Waals surface area contributed by atoms with Crippen LogP contribution in [0.15, 0.2) is 18.5 Å². The summed E-state index contributed by atoms with van der Waals surface area (Å²) in [5.74, 6) is 0.249. The first-order chi connectivity index (χ1) is 11.7. The summed E-state index contributed by atoms with van der Waals surface area (Å²) in [7, 11) is 0. The normalized spacial score (nSPS) is 23.1. The second kappa shape index (κ2) is 8.31. The highest BCUT2D eigenvalue weighted by Gasteiger charge is 2.34. The van der Waals surface area contributed by atoms with Gasteiger partial charge in [-0.1, -0.05) is 25.7 Å². The number of nitrogens with one attached hydrogen (secondary N) is 1. The number of nitrogens with zero attached hydrogens (tertiary/aromatic N) is 3. The second-order valence-corrected chi connectivity index (χ2v) is 6.99. The maximum atomic E-state index is 12.5. The summed E-state index contributed by atoms with van der Waals surface area (Å²) in [6.45, 7) is 1.85. The highest BCUT2D eigenvalue weighted by atomic mass is 16.2. The van der Waals surface area contributed by atoms with Crippen molar-refractivity contribution in [1.29, 1.82) is 0 Å². The fourth-order valence-electron chi connectivity index (χ4n) is 3.88. The van der Waals surface area contributed by atoms with Crippen LogP contribution in [0, 0.1) is 5.92 Å². The molecule has 3 rings (SSSR count). The van der Waals surface area contributed by atoms with Gasteiger partial charge in [-0.2, -0.15) is 5.10 Å². The average Bonchev–Trinajstić information content (AvgIpc) is 2.96. The fraction of sp³-hybridized carbons (Fsp3) is 0.722. The van der Waals surface area contributed by atoms with Gasteiger partial charge >= 0.3 is 0 Å². The molecule has 0 radical (unpaired) electrons. The molecule has 1 N–H and O–H groups in total. The molecule has 1 aromatic heterocycles. The summed E-state index contributed by atoms with van der Waals surface area (Å²) in [5, 5.41) is 7.13. The van der Waals surface area contributed by atoms with E-state index >= 15 is 0 Å². The number of likely N-dealkylation sites (tertiary alicyclic amines) is 1. The van der Waals surface area contributed by atoms with Gasteiger partial charge in [0.25, 0.3) is 0 Å². The molecule has 1 aromatic rings. The van der Waals surface area contributed by atoms with Crippen molar-refractivity contribution >= 4 is 11.8 Å². The Bertz CT molecular complexity index is 535. The van der Waals surface area contributed by atoms with Crippen molar-refractivity contribution < 1.29 is 9.59 Å². The molecule has 1 saturated carbocycles. The van der Waals surface area contributed by atoms with E-state index in [1.54, 1.807) is 6.20 Å². The van der Waals surface area contributed by atoms with Crippen LogP contribution in [0.1, 0.15) is 51.4 Å². The van der Waals surface area contributed by atoms with Crippen LogP contribution in [0.25, 0.3) is 0 Å². The Hall–Kier alpha value is -1.85. The Labute approximate surface area is 143 Å². The van der Waals surface area contributed by atoms with E-state index in [9.17, 15) is 9.59 Å². The zero-order valence-corrected chi connectivity index (χ0v) is 14.3. The van der Waals surface area contributed by atoms with Crippen LogP contribution in [-0.4, -0.2) is 45.6 Å². The van der Waals surface area contributed by atoms with Crippen LogP contribution in [0.3, 0.4) is 0 Å². The maximum Gasteiger partial charge on any atom is 0.224 e. The van der Waals surface area contributed by atoms with Crippen molar-refractivity contribution in [3.63, 3.8) is 0 Å². The number of amides is 2. The third kappa shape index (κ3) is 4.36. The molecule has 6 heteroatoms. The van der Waals surface area contributed by atoms with Crippen molar-refractivity contribution in [2.75, 3.05) is 13.1 Å². The van der Waals surface area contributed by atoms with Gasteiger partial charge in [0.2, 0.25) is 11.8 Å². The third-order valence-electron chi connectivity index (χ3n) is 5.28. The van der Waals surface area contributed by atoms with E-state index in [1.165, 1.54) is 25.7 Å². The quantitative estimate of drug-likeness (QED) is 0.838. The van der Waals surface area contributed by atoms with Crippen molar-refractivity contribution in [3.05, 3.63) is 18.5 Å². The summed E-state index contributed by atoms with van der Waals surface area (Å²) in [4.78, 5) is 26.8. The minimum Gasteiger partial charge on any atom is -0.354 e. The highest BCUT2D eigenvalue weighted by Crippen LogP contribution is 2.27. The molecule has 1 atom stereocenters. The first-order valence-electron chi connectivity index (χ1n) is 9.28. The molecule has 2 amide bonds. The predicted molar refractivity (Wildman–Crippen MR) is 91.2 cm³/mol. The number of carbonyl (C=O) groups excluding carboxylic acids is 2. The van der Waals surface area contributed by atoms with Crippen LogP contribution in [0.4, 0.5) is 0 Å². The SMILES string of the molecule is O=C(NCCn1cccn1)[C@H]1CCC(=O)N(C2CCCCCC2)C1. The molecule has 0 spiro atoms. The Morgan fingerprint density at radius 2 is 2.00 bits per heavy atom. The van der Waals surface area contributed by atoms with Gasteiger partial charge in [0.1, 0.15) is 0 Å². The number of aromatic nitrogens is 2. The first-order valence-corrected chi connectivity index (χ1v) is 9.28. The minimum atomic E-state index is -0.0661. The molecule has 0 unspecified atom stereocenters. The molecule has 2 aliphatic rings. The average molecular weight is 332 g/mol. The summed E-state index contributed by atoms with van der Waals surface area (Å²) < 4.78 is 1.81. The van der Waals surface area contributed by atoms with Crippen molar-refractivity contribution in [1.82, 2.24) is 20.0 Å². The summed E-state index contributed by atoms with van der Waals surface area (Å²) in [6.07, 6.45) is 12.0. The molecule has 1 saturated heterocycles. The van der Waals surface area contributed by atoms with E-state index in [4.69, 9.17) is 0 Å².